The lowest BCUT2D eigenvalue weighted by Gasteiger charge is -2.38. The Hall–Kier alpha value is -3.86. The molecule has 2 aromatic carbocycles. The van der Waals surface area contributed by atoms with Crippen molar-refractivity contribution < 1.29 is 28.6 Å². The van der Waals surface area contributed by atoms with Crippen LogP contribution in [-0.4, -0.2) is 77.8 Å². The SMILES string of the molecule is C[C@@H]1CN([C@@H](C)CO)C(=O)c2cc(NC(=O)NC3CCCCC3)ccc2O[C@H]1CN(C)C(=O)Nc1ccc(F)cc1. The van der Waals surface area contributed by atoms with Gasteiger partial charge in [0, 0.05) is 36.9 Å². The maximum Gasteiger partial charge on any atom is 0.321 e. The molecule has 2 aliphatic rings. The number of hydrogen-bond donors (Lipinski definition) is 4. The van der Waals surface area contributed by atoms with Gasteiger partial charge >= 0.3 is 12.1 Å². The van der Waals surface area contributed by atoms with Gasteiger partial charge in [0.15, 0.2) is 0 Å². The van der Waals surface area contributed by atoms with Gasteiger partial charge in [0.2, 0.25) is 0 Å². The molecule has 1 saturated carbocycles. The first-order valence-electron chi connectivity index (χ1n) is 14.2. The highest BCUT2D eigenvalue weighted by molar-refractivity contribution is 5.99. The highest BCUT2D eigenvalue weighted by Gasteiger charge is 2.34. The number of nitrogens with one attached hydrogen (secondary N) is 3. The number of halogens is 1. The second-order valence-corrected chi connectivity index (χ2v) is 11.1. The van der Waals surface area contributed by atoms with Crippen LogP contribution in [0.15, 0.2) is 42.5 Å². The first-order valence-corrected chi connectivity index (χ1v) is 14.2. The molecule has 5 amide bonds. The molecule has 1 heterocycles. The number of amides is 5. The Kier molecular flexibility index (Phi) is 10.0. The number of aliphatic hydroxyl groups is 1. The van der Waals surface area contributed by atoms with Gasteiger partial charge in [0.1, 0.15) is 17.7 Å². The van der Waals surface area contributed by atoms with Crippen molar-refractivity contribution in [2.24, 2.45) is 5.92 Å². The Morgan fingerprint density at radius 2 is 1.78 bits per heavy atom. The van der Waals surface area contributed by atoms with Crippen molar-refractivity contribution in [1.29, 1.82) is 0 Å². The molecule has 0 unspecified atom stereocenters. The lowest BCUT2D eigenvalue weighted by molar-refractivity contribution is 0.0371. The lowest BCUT2D eigenvalue weighted by Crippen LogP contribution is -2.50. The molecule has 222 valence electrons. The van der Waals surface area contributed by atoms with E-state index in [1.54, 1.807) is 37.1 Å². The zero-order valence-corrected chi connectivity index (χ0v) is 23.9. The number of fused-ring (bicyclic) bond motifs is 1. The summed E-state index contributed by atoms with van der Waals surface area (Å²) < 4.78 is 19.6. The number of benzene rings is 2. The maximum absolute atomic E-state index is 13.7. The van der Waals surface area contributed by atoms with Crippen molar-refractivity contribution in [2.75, 3.05) is 37.4 Å². The Bertz CT molecular complexity index is 1220. The number of carbonyl (C=O) groups is 3. The zero-order chi connectivity index (χ0) is 29.5. The van der Waals surface area contributed by atoms with Gasteiger partial charge in [0.05, 0.1) is 24.8 Å². The van der Waals surface area contributed by atoms with Crippen LogP contribution in [0.5, 0.6) is 5.75 Å². The molecule has 1 fully saturated rings. The van der Waals surface area contributed by atoms with E-state index in [4.69, 9.17) is 4.74 Å². The predicted octanol–water partition coefficient (Wildman–Crippen LogP) is 4.66. The number of nitrogens with zero attached hydrogens (tertiary/aromatic N) is 2. The molecule has 4 N–H and O–H groups in total. The van der Waals surface area contributed by atoms with Crippen LogP contribution in [0.2, 0.25) is 0 Å². The van der Waals surface area contributed by atoms with Crippen molar-refractivity contribution in [3.8, 4) is 5.75 Å². The van der Waals surface area contributed by atoms with Gasteiger partial charge in [-0.2, -0.15) is 0 Å². The number of aliphatic hydroxyl groups excluding tert-OH is 1. The van der Waals surface area contributed by atoms with Crippen molar-refractivity contribution >= 4 is 29.3 Å². The number of ether oxygens (including phenoxy) is 1. The van der Waals surface area contributed by atoms with E-state index >= 15 is 0 Å². The van der Waals surface area contributed by atoms with Crippen LogP contribution >= 0.6 is 0 Å². The molecule has 0 radical (unpaired) electrons. The topological polar surface area (TPSA) is 123 Å². The zero-order valence-electron chi connectivity index (χ0n) is 23.9. The van der Waals surface area contributed by atoms with Crippen LogP contribution < -0.4 is 20.7 Å². The van der Waals surface area contributed by atoms with Crippen LogP contribution in [-0.2, 0) is 0 Å². The van der Waals surface area contributed by atoms with Gasteiger partial charge in [0.25, 0.3) is 5.91 Å². The van der Waals surface area contributed by atoms with E-state index in [1.807, 2.05) is 6.92 Å². The summed E-state index contributed by atoms with van der Waals surface area (Å²) in [5.74, 6) is -0.578. The Balaban J connectivity index is 1.52. The summed E-state index contributed by atoms with van der Waals surface area (Å²) in [5.41, 5.74) is 1.17. The van der Waals surface area contributed by atoms with E-state index in [-0.39, 0.29) is 49.2 Å². The average molecular weight is 570 g/mol. The van der Waals surface area contributed by atoms with Crippen LogP contribution in [0.3, 0.4) is 0 Å². The van der Waals surface area contributed by atoms with Gasteiger partial charge in [-0.05, 0) is 62.2 Å². The monoisotopic (exact) mass is 569 g/mol. The average Bonchev–Trinajstić information content (AvgIpc) is 2.96. The number of carbonyl (C=O) groups excluding carboxylic acids is 3. The largest absolute Gasteiger partial charge is 0.487 e. The van der Waals surface area contributed by atoms with Crippen molar-refractivity contribution in [1.82, 2.24) is 15.1 Å². The number of urea groups is 2. The quantitative estimate of drug-likeness (QED) is 0.386. The summed E-state index contributed by atoms with van der Waals surface area (Å²) >= 11 is 0. The smallest absolute Gasteiger partial charge is 0.321 e. The van der Waals surface area contributed by atoms with Crippen molar-refractivity contribution in [3.63, 3.8) is 0 Å². The molecule has 2 aromatic rings. The number of hydrogen-bond acceptors (Lipinski definition) is 5. The van der Waals surface area contributed by atoms with Gasteiger partial charge in [-0.25, -0.2) is 14.0 Å². The normalized spacial score (nSPS) is 20.1. The molecule has 11 heteroatoms. The second-order valence-electron chi connectivity index (χ2n) is 11.1. The van der Waals surface area contributed by atoms with E-state index in [9.17, 15) is 23.9 Å². The lowest BCUT2D eigenvalue weighted by atomic mass is 9.96. The van der Waals surface area contributed by atoms with Gasteiger partial charge < -0.3 is 35.6 Å². The molecule has 0 saturated heterocycles. The number of anilines is 2. The van der Waals surface area contributed by atoms with E-state index in [0.29, 0.717) is 17.1 Å². The molecule has 1 aliphatic heterocycles. The summed E-state index contributed by atoms with van der Waals surface area (Å²) in [5, 5.41) is 18.5. The third-order valence-corrected chi connectivity index (χ3v) is 7.76. The minimum atomic E-state index is -0.493. The van der Waals surface area contributed by atoms with E-state index in [1.165, 1.54) is 35.6 Å². The van der Waals surface area contributed by atoms with Gasteiger partial charge in [-0.1, -0.05) is 26.2 Å². The predicted molar refractivity (Wildman–Crippen MR) is 155 cm³/mol. The summed E-state index contributed by atoms with van der Waals surface area (Å²) in [6.45, 7) is 3.97. The molecular weight excluding hydrogens is 529 g/mol. The van der Waals surface area contributed by atoms with E-state index < -0.39 is 24.0 Å². The molecule has 0 bridgehead atoms. The standard InChI is InChI=1S/C30H40FN5O5/c1-19-16-36(20(2)18-37)28(38)25-15-24(33-29(39)32-22-7-5-4-6-8-22)13-14-26(25)41-27(19)17-35(3)30(40)34-23-11-9-21(31)10-12-23/h9-15,19-20,22,27,37H,4-8,16-18H2,1-3H3,(H,34,40)(H2,32,33,39)/t19-,20+,27+/m1/s1. The van der Waals surface area contributed by atoms with Crippen LogP contribution in [0.1, 0.15) is 56.3 Å². The van der Waals surface area contributed by atoms with E-state index in [2.05, 4.69) is 16.0 Å². The van der Waals surface area contributed by atoms with Gasteiger partial charge in [-0.3, -0.25) is 4.79 Å². The highest BCUT2D eigenvalue weighted by atomic mass is 19.1. The highest BCUT2D eigenvalue weighted by Crippen LogP contribution is 2.31. The van der Waals surface area contributed by atoms with Crippen LogP contribution in [0.4, 0.5) is 25.4 Å². The summed E-state index contributed by atoms with van der Waals surface area (Å²) in [7, 11) is 1.63. The Labute approximate surface area is 240 Å². The molecule has 4 rings (SSSR count). The third-order valence-electron chi connectivity index (χ3n) is 7.76. The molecule has 3 atom stereocenters. The number of rotatable bonds is 7. The van der Waals surface area contributed by atoms with Crippen molar-refractivity contribution in [3.05, 3.63) is 53.8 Å². The minimum Gasteiger partial charge on any atom is -0.487 e. The molecule has 41 heavy (non-hydrogen) atoms. The fourth-order valence-corrected chi connectivity index (χ4v) is 5.22. The molecule has 10 nitrogen and oxygen atoms in total. The first-order chi connectivity index (χ1) is 19.6. The number of likely N-dealkylation sites (N-methyl/N-ethyl adjacent to an activating group) is 1. The Morgan fingerprint density at radius 3 is 2.46 bits per heavy atom. The molecular formula is C30H40FN5O5. The first kappa shape index (κ1) is 30.1. The van der Waals surface area contributed by atoms with Gasteiger partial charge in [-0.15, -0.1) is 0 Å². The summed E-state index contributed by atoms with van der Waals surface area (Å²) in [6, 6.07) is 9.38. The van der Waals surface area contributed by atoms with Crippen molar-refractivity contribution in [2.45, 2.75) is 64.1 Å². The summed E-state index contributed by atoms with van der Waals surface area (Å²) in [6.07, 6.45) is 4.78. The molecule has 0 aromatic heterocycles. The van der Waals surface area contributed by atoms with E-state index in [0.717, 1.165) is 25.7 Å². The fraction of sp³-hybridized carbons (Fsp3) is 0.500. The Morgan fingerprint density at radius 1 is 1.10 bits per heavy atom. The maximum atomic E-state index is 13.7. The van der Waals surface area contributed by atoms with Crippen LogP contribution in [0.25, 0.3) is 0 Å². The molecule has 0 spiro atoms. The summed E-state index contributed by atoms with van der Waals surface area (Å²) in [4.78, 5) is 42.2. The fourth-order valence-electron chi connectivity index (χ4n) is 5.22. The molecule has 1 aliphatic carbocycles. The third kappa shape index (κ3) is 7.87. The minimum absolute atomic E-state index is 0.137. The van der Waals surface area contributed by atoms with Crippen LogP contribution in [0, 0.1) is 11.7 Å². The second kappa shape index (κ2) is 13.7.